The van der Waals surface area contributed by atoms with Gasteiger partial charge in [0.2, 0.25) is 0 Å². The summed E-state index contributed by atoms with van der Waals surface area (Å²) in [5.74, 6) is 0.783. The molecule has 0 unspecified atom stereocenters. The Morgan fingerprint density at radius 1 is 1.15 bits per heavy atom. The third-order valence-corrected chi connectivity index (χ3v) is 4.44. The van der Waals surface area contributed by atoms with Gasteiger partial charge in [0, 0.05) is 24.3 Å². The first kappa shape index (κ1) is 21.1. The average Bonchev–Trinajstić information content (AvgIpc) is 2.59. The molecule has 2 amide bonds. The van der Waals surface area contributed by atoms with Crippen molar-refractivity contribution in [2.75, 3.05) is 11.9 Å². The molecule has 1 aliphatic rings. The molecule has 0 radical (unpaired) electrons. The lowest BCUT2D eigenvalue weighted by molar-refractivity contribution is 0.110. The Hall–Kier alpha value is -2.24. The van der Waals surface area contributed by atoms with Crippen LogP contribution in [0.3, 0.4) is 0 Å². The molecule has 0 aliphatic heterocycles. The quantitative estimate of drug-likeness (QED) is 0.718. The van der Waals surface area contributed by atoms with E-state index in [-0.39, 0.29) is 18.2 Å². The third-order valence-electron chi connectivity index (χ3n) is 4.44. The molecule has 0 saturated heterocycles. The zero-order chi connectivity index (χ0) is 19.8. The van der Waals surface area contributed by atoms with Crippen molar-refractivity contribution < 1.29 is 19.1 Å². The molecule has 0 bridgehead atoms. The van der Waals surface area contributed by atoms with Gasteiger partial charge in [0.1, 0.15) is 5.75 Å². The lowest BCUT2D eigenvalue weighted by Crippen LogP contribution is -2.45. The zero-order valence-corrected chi connectivity index (χ0v) is 16.9. The standard InChI is InChI=1S/C21H32N2O4/c1-15(2)14-23(18-10-6-5-7-11-18)21(25)27-19-12-8-9-17(13-19)22-20(24)26-16(3)4/h8-9,12-13,15-16,18H,5-7,10-11,14H2,1-4H3,(H,22,24). The highest BCUT2D eigenvalue weighted by molar-refractivity contribution is 5.85. The average molecular weight is 376 g/mol. The summed E-state index contributed by atoms with van der Waals surface area (Å²) in [7, 11) is 0. The topological polar surface area (TPSA) is 67.9 Å². The largest absolute Gasteiger partial charge is 0.447 e. The molecule has 2 rings (SSSR count). The van der Waals surface area contributed by atoms with Crippen LogP contribution < -0.4 is 10.1 Å². The summed E-state index contributed by atoms with van der Waals surface area (Å²) in [6.45, 7) is 8.46. The number of nitrogens with zero attached hydrogens (tertiary/aromatic N) is 1. The van der Waals surface area contributed by atoms with Gasteiger partial charge in [-0.05, 0) is 44.7 Å². The highest BCUT2D eigenvalue weighted by Gasteiger charge is 2.27. The van der Waals surface area contributed by atoms with Gasteiger partial charge >= 0.3 is 12.2 Å². The fourth-order valence-electron chi connectivity index (χ4n) is 3.32. The molecule has 1 aliphatic carbocycles. The number of carbonyl (C=O) groups excluding carboxylic acids is 2. The molecule has 150 valence electrons. The Labute approximate surface area is 162 Å². The molecular formula is C21H32N2O4. The van der Waals surface area contributed by atoms with Gasteiger partial charge in [0.15, 0.2) is 0 Å². The summed E-state index contributed by atoms with van der Waals surface area (Å²) in [5, 5.41) is 2.65. The second kappa shape index (κ2) is 10.2. The minimum atomic E-state index is -0.530. The SMILES string of the molecule is CC(C)CN(C(=O)Oc1cccc(NC(=O)OC(C)C)c1)C1CCCCC1. The molecular weight excluding hydrogens is 344 g/mol. The summed E-state index contributed by atoms with van der Waals surface area (Å²) < 4.78 is 10.7. The van der Waals surface area contributed by atoms with Crippen LogP contribution in [0.25, 0.3) is 0 Å². The molecule has 6 nitrogen and oxygen atoms in total. The van der Waals surface area contributed by atoms with E-state index < -0.39 is 6.09 Å². The monoisotopic (exact) mass is 376 g/mol. The van der Waals surface area contributed by atoms with Gasteiger partial charge < -0.3 is 14.4 Å². The lowest BCUT2D eigenvalue weighted by Gasteiger charge is -2.34. The molecule has 1 N–H and O–H groups in total. The van der Waals surface area contributed by atoms with Crippen LogP contribution in [-0.2, 0) is 4.74 Å². The van der Waals surface area contributed by atoms with Crippen LogP contribution in [-0.4, -0.2) is 35.8 Å². The molecule has 0 aromatic heterocycles. The molecule has 1 saturated carbocycles. The van der Waals surface area contributed by atoms with Gasteiger partial charge in [-0.3, -0.25) is 5.32 Å². The Kier molecular flexibility index (Phi) is 7.95. The van der Waals surface area contributed by atoms with Crippen LogP contribution >= 0.6 is 0 Å². The van der Waals surface area contributed by atoms with Crippen LogP contribution in [0.15, 0.2) is 24.3 Å². The van der Waals surface area contributed by atoms with Crippen molar-refractivity contribution in [2.45, 2.75) is 71.9 Å². The van der Waals surface area contributed by atoms with E-state index in [1.807, 2.05) is 4.90 Å². The molecule has 1 fully saturated rings. The molecule has 1 aromatic carbocycles. The number of nitrogens with one attached hydrogen (secondary N) is 1. The van der Waals surface area contributed by atoms with E-state index in [0.717, 1.165) is 25.7 Å². The lowest BCUT2D eigenvalue weighted by atomic mass is 9.94. The molecule has 1 aromatic rings. The van der Waals surface area contributed by atoms with Crippen molar-refractivity contribution in [1.82, 2.24) is 4.90 Å². The van der Waals surface area contributed by atoms with Gasteiger partial charge in [-0.2, -0.15) is 0 Å². The summed E-state index contributed by atoms with van der Waals surface area (Å²) in [5.41, 5.74) is 0.527. The van der Waals surface area contributed by atoms with E-state index in [4.69, 9.17) is 9.47 Å². The summed E-state index contributed by atoms with van der Waals surface area (Å²) >= 11 is 0. The van der Waals surface area contributed by atoms with Gasteiger partial charge in [0.25, 0.3) is 0 Å². The second-order valence-corrected chi connectivity index (χ2v) is 7.81. The maximum absolute atomic E-state index is 12.8. The number of hydrogen-bond donors (Lipinski definition) is 1. The number of benzene rings is 1. The van der Waals surface area contributed by atoms with E-state index in [0.29, 0.717) is 23.9 Å². The van der Waals surface area contributed by atoms with Crippen LogP contribution in [0.4, 0.5) is 15.3 Å². The van der Waals surface area contributed by atoms with Crippen LogP contribution in [0.1, 0.15) is 59.8 Å². The van der Waals surface area contributed by atoms with Gasteiger partial charge in [0.05, 0.1) is 6.10 Å². The van der Waals surface area contributed by atoms with Crippen molar-refractivity contribution >= 4 is 17.9 Å². The minimum absolute atomic E-state index is 0.203. The van der Waals surface area contributed by atoms with E-state index in [9.17, 15) is 9.59 Å². The first-order valence-electron chi connectivity index (χ1n) is 9.91. The first-order chi connectivity index (χ1) is 12.8. The second-order valence-electron chi connectivity index (χ2n) is 7.81. The van der Waals surface area contributed by atoms with Crippen LogP contribution in [0.2, 0.25) is 0 Å². The van der Waals surface area contributed by atoms with E-state index in [1.165, 1.54) is 6.42 Å². The predicted octanol–water partition coefficient (Wildman–Crippen LogP) is 5.43. The number of carbonyl (C=O) groups is 2. The van der Waals surface area contributed by atoms with Crippen molar-refractivity contribution in [3.63, 3.8) is 0 Å². The Morgan fingerprint density at radius 3 is 2.48 bits per heavy atom. The summed E-state index contributed by atoms with van der Waals surface area (Å²) in [4.78, 5) is 26.4. The Balaban J connectivity index is 2.03. The van der Waals surface area contributed by atoms with E-state index in [2.05, 4.69) is 19.2 Å². The fourth-order valence-corrected chi connectivity index (χ4v) is 3.32. The number of amides is 2. The summed E-state index contributed by atoms with van der Waals surface area (Å²) in [6.07, 6.45) is 4.56. The number of ether oxygens (including phenoxy) is 2. The zero-order valence-electron chi connectivity index (χ0n) is 16.9. The fraction of sp³-hybridized carbons (Fsp3) is 0.619. The van der Waals surface area contributed by atoms with Crippen molar-refractivity contribution in [2.24, 2.45) is 5.92 Å². The molecule has 0 atom stereocenters. The number of anilines is 1. The van der Waals surface area contributed by atoms with Gasteiger partial charge in [-0.25, -0.2) is 9.59 Å². The first-order valence-corrected chi connectivity index (χ1v) is 9.91. The number of rotatable bonds is 6. The maximum Gasteiger partial charge on any atom is 0.415 e. The van der Waals surface area contributed by atoms with Crippen LogP contribution in [0, 0.1) is 5.92 Å². The highest BCUT2D eigenvalue weighted by Crippen LogP contribution is 2.25. The molecule has 0 spiro atoms. The van der Waals surface area contributed by atoms with E-state index >= 15 is 0 Å². The van der Waals surface area contributed by atoms with Crippen molar-refractivity contribution in [3.8, 4) is 5.75 Å². The normalized spacial score (nSPS) is 14.9. The van der Waals surface area contributed by atoms with Crippen LogP contribution in [0.5, 0.6) is 5.75 Å². The Morgan fingerprint density at radius 2 is 1.85 bits per heavy atom. The minimum Gasteiger partial charge on any atom is -0.447 e. The molecule has 6 heteroatoms. The van der Waals surface area contributed by atoms with Gasteiger partial charge in [-0.15, -0.1) is 0 Å². The predicted molar refractivity (Wildman–Crippen MR) is 106 cm³/mol. The number of hydrogen-bond acceptors (Lipinski definition) is 4. The molecule has 27 heavy (non-hydrogen) atoms. The van der Waals surface area contributed by atoms with Crippen molar-refractivity contribution in [1.29, 1.82) is 0 Å². The highest BCUT2D eigenvalue weighted by atomic mass is 16.6. The van der Waals surface area contributed by atoms with Crippen molar-refractivity contribution in [3.05, 3.63) is 24.3 Å². The summed E-state index contributed by atoms with van der Waals surface area (Å²) in [6, 6.07) is 7.06. The van der Waals surface area contributed by atoms with Gasteiger partial charge in [-0.1, -0.05) is 39.2 Å². The molecule has 0 heterocycles. The third kappa shape index (κ3) is 7.12. The maximum atomic E-state index is 12.8. The Bertz CT molecular complexity index is 624. The van der Waals surface area contributed by atoms with E-state index in [1.54, 1.807) is 38.1 Å². The smallest absolute Gasteiger partial charge is 0.415 e.